The maximum Gasteiger partial charge on any atom is 0.248 e. The van der Waals surface area contributed by atoms with Crippen molar-refractivity contribution in [2.24, 2.45) is 5.73 Å². The fourth-order valence-electron chi connectivity index (χ4n) is 1.44. The predicted octanol–water partition coefficient (Wildman–Crippen LogP) is 1.92. The molecule has 5 heteroatoms. The van der Waals surface area contributed by atoms with E-state index in [4.69, 9.17) is 11.5 Å². The lowest BCUT2D eigenvalue weighted by Crippen LogP contribution is -2.20. The van der Waals surface area contributed by atoms with Crippen molar-refractivity contribution in [2.75, 3.05) is 22.6 Å². The number of hydrogen-bond acceptors (Lipinski definition) is 4. The molecule has 0 saturated carbocycles. The van der Waals surface area contributed by atoms with E-state index in [1.54, 1.807) is 18.2 Å². The molecule has 1 rings (SSSR count). The van der Waals surface area contributed by atoms with E-state index in [1.165, 1.54) is 0 Å². The zero-order chi connectivity index (χ0) is 12.8. The molecular weight excluding hydrogens is 234 g/mol. The number of rotatable bonds is 6. The van der Waals surface area contributed by atoms with Gasteiger partial charge in [-0.15, -0.1) is 0 Å². The molecule has 0 aliphatic rings. The Morgan fingerprint density at radius 3 is 2.82 bits per heavy atom. The molecule has 0 heterocycles. The van der Waals surface area contributed by atoms with Gasteiger partial charge in [0.2, 0.25) is 5.91 Å². The maximum atomic E-state index is 11.1. The Labute approximate surface area is 106 Å². The molecule has 1 amide bonds. The average Bonchev–Trinajstić information content (AvgIpc) is 2.29. The number of amides is 1. The van der Waals surface area contributed by atoms with Gasteiger partial charge in [0.25, 0.3) is 0 Å². The average molecular weight is 253 g/mol. The van der Waals surface area contributed by atoms with E-state index in [0.717, 1.165) is 17.2 Å². The minimum atomic E-state index is -0.441. The van der Waals surface area contributed by atoms with Gasteiger partial charge in [0.1, 0.15) is 0 Å². The number of nitrogen functional groups attached to an aromatic ring is 1. The Morgan fingerprint density at radius 1 is 1.53 bits per heavy atom. The third kappa shape index (κ3) is 4.19. The molecule has 0 spiro atoms. The van der Waals surface area contributed by atoms with Crippen molar-refractivity contribution in [3.63, 3.8) is 0 Å². The Hall–Kier alpha value is -1.36. The molecule has 1 aromatic rings. The standard InChI is InChI=1S/C12H19N3OS/c1-3-17-7-8(2)15-11-6-9(12(14)16)4-5-10(11)13/h4-6,8,15H,3,7,13H2,1-2H3,(H2,14,16). The summed E-state index contributed by atoms with van der Waals surface area (Å²) in [5, 5.41) is 3.29. The van der Waals surface area contributed by atoms with Crippen molar-refractivity contribution in [1.82, 2.24) is 0 Å². The van der Waals surface area contributed by atoms with Crippen molar-refractivity contribution in [3.05, 3.63) is 23.8 Å². The molecule has 1 unspecified atom stereocenters. The predicted molar refractivity (Wildman–Crippen MR) is 75.5 cm³/mol. The minimum Gasteiger partial charge on any atom is -0.397 e. The SMILES string of the molecule is CCSCC(C)Nc1cc(C(N)=O)ccc1N. The van der Waals surface area contributed by atoms with Crippen LogP contribution in [-0.4, -0.2) is 23.5 Å². The van der Waals surface area contributed by atoms with Crippen LogP contribution in [0.5, 0.6) is 0 Å². The van der Waals surface area contributed by atoms with E-state index in [9.17, 15) is 4.79 Å². The van der Waals surface area contributed by atoms with Crippen LogP contribution in [0.4, 0.5) is 11.4 Å². The number of anilines is 2. The van der Waals surface area contributed by atoms with Crippen LogP contribution in [0, 0.1) is 0 Å². The number of carbonyl (C=O) groups excluding carboxylic acids is 1. The molecule has 0 aliphatic carbocycles. The van der Waals surface area contributed by atoms with E-state index in [0.29, 0.717) is 17.3 Å². The second-order valence-electron chi connectivity index (χ2n) is 3.87. The monoisotopic (exact) mass is 253 g/mol. The quantitative estimate of drug-likeness (QED) is 0.677. The number of carbonyl (C=O) groups is 1. The maximum absolute atomic E-state index is 11.1. The first-order valence-electron chi connectivity index (χ1n) is 5.58. The van der Waals surface area contributed by atoms with Gasteiger partial charge in [-0.3, -0.25) is 4.79 Å². The minimum absolute atomic E-state index is 0.297. The number of nitrogens with one attached hydrogen (secondary N) is 1. The van der Waals surface area contributed by atoms with Gasteiger partial charge in [-0.25, -0.2) is 0 Å². The fraction of sp³-hybridized carbons (Fsp3) is 0.417. The van der Waals surface area contributed by atoms with Gasteiger partial charge in [0, 0.05) is 17.4 Å². The van der Waals surface area contributed by atoms with Crippen LogP contribution < -0.4 is 16.8 Å². The van der Waals surface area contributed by atoms with Gasteiger partial charge in [-0.05, 0) is 30.9 Å². The third-order valence-corrected chi connectivity index (χ3v) is 3.46. The zero-order valence-corrected chi connectivity index (χ0v) is 11.0. The lowest BCUT2D eigenvalue weighted by molar-refractivity contribution is 0.100. The van der Waals surface area contributed by atoms with Crippen LogP contribution in [0.1, 0.15) is 24.2 Å². The fourth-order valence-corrected chi connectivity index (χ4v) is 2.11. The van der Waals surface area contributed by atoms with Gasteiger partial charge in [-0.1, -0.05) is 6.92 Å². The largest absolute Gasteiger partial charge is 0.397 e. The van der Waals surface area contributed by atoms with Gasteiger partial charge < -0.3 is 16.8 Å². The normalized spacial score (nSPS) is 12.1. The highest BCUT2D eigenvalue weighted by molar-refractivity contribution is 7.99. The first-order valence-corrected chi connectivity index (χ1v) is 6.73. The second-order valence-corrected chi connectivity index (χ2v) is 5.19. The summed E-state index contributed by atoms with van der Waals surface area (Å²) in [5.74, 6) is 1.64. The summed E-state index contributed by atoms with van der Waals surface area (Å²) in [6.07, 6.45) is 0. The van der Waals surface area contributed by atoms with E-state index in [-0.39, 0.29) is 0 Å². The van der Waals surface area contributed by atoms with Crippen molar-refractivity contribution >= 4 is 29.0 Å². The number of nitrogens with two attached hydrogens (primary N) is 2. The molecule has 1 atom stereocenters. The second kappa shape index (κ2) is 6.39. The molecule has 0 radical (unpaired) electrons. The summed E-state index contributed by atoms with van der Waals surface area (Å²) in [6.45, 7) is 4.21. The number of thioether (sulfide) groups is 1. The van der Waals surface area contributed by atoms with Gasteiger partial charge in [0.15, 0.2) is 0 Å². The van der Waals surface area contributed by atoms with Gasteiger partial charge in [0.05, 0.1) is 11.4 Å². The molecule has 0 aromatic heterocycles. The van der Waals surface area contributed by atoms with Crippen molar-refractivity contribution in [2.45, 2.75) is 19.9 Å². The summed E-state index contributed by atoms with van der Waals surface area (Å²) in [4.78, 5) is 11.1. The first-order chi connectivity index (χ1) is 8.04. The van der Waals surface area contributed by atoms with Crippen LogP contribution in [0.2, 0.25) is 0 Å². The number of hydrogen-bond donors (Lipinski definition) is 3. The molecule has 4 nitrogen and oxygen atoms in total. The molecule has 0 aliphatic heterocycles. The Morgan fingerprint density at radius 2 is 2.24 bits per heavy atom. The summed E-state index contributed by atoms with van der Waals surface area (Å²) in [5.41, 5.74) is 12.9. The molecule has 1 aromatic carbocycles. The topological polar surface area (TPSA) is 81.1 Å². The van der Waals surface area contributed by atoms with E-state index in [1.807, 2.05) is 11.8 Å². The van der Waals surface area contributed by atoms with E-state index >= 15 is 0 Å². The van der Waals surface area contributed by atoms with Crippen molar-refractivity contribution in [3.8, 4) is 0 Å². The van der Waals surface area contributed by atoms with Crippen molar-refractivity contribution < 1.29 is 4.79 Å². The summed E-state index contributed by atoms with van der Waals surface area (Å²) in [6, 6.07) is 5.33. The van der Waals surface area contributed by atoms with E-state index < -0.39 is 5.91 Å². The Kier molecular flexibility index (Phi) is 5.15. The molecule has 17 heavy (non-hydrogen) atoms. The van der Waals surface area contributed by atoms with Crippen LogP contribution in [0.25, 0.3) is 0 Å². The number of primary amides is 1. The highest BCUT2D eigenvalue weighted by atomic mass is 32.2. The molecule has 0 bridgehead atoms. The molecule has 5 N–H and O–H groups in total. The Balaban J connectivity index is 2.75. The summed E-state index contributed by atoms with van der Waals surface area (Å²) >= 11 is 1.86. The zero-order valence-electron chi connectivity index (χ0n) is 10.2. The first kappa shape index (κ1) is 13.7. The van der Waals surface area contributed by atoms with Gasteiger partial charge in [-0.2, -0.15) is 11.8 Å². The lowest BCUT2D eigenvalue weighted by Gasteiger charge is -2.16. The smallest absolute Gasteiger partial charge is 0.248 e. The van der Waals surface area contributed by atoms with E-state index in [2.05, 4.69) is 19.2 Å². The van der Waals surface area contributed by atoms with Crippen LogP contribution in [-0.2, 0) is 0 Å². The third-order valence-electron chi connectivity index (χ3n) is 2.31. The Bertz CT molecular complexity index is 395. The summed E-state index contributed by atoms with van der Waals surface area (Å²) < 4.78 is 0. The number of benzene rings is 1. The van der Waals surface area contributed by atoms with Crippen LogP contribution >= 0.6 is 11.8 Å². The van der Waals surface area contributed by atoms with Crippen LogP contribution in [0.15, 0.2) is 18.2 Å². The van der Waals surface area contributed by atoms with Gasteiger partial charge >= 0.3 is 0 Å². The molecular formula is C12H19N3OS. The molecule has 94 valence electrons. The molecule has 0 fully saturated rings. The summed E-state index contributed by atoms with van der Waals surface area (Å²) in [7, 11) is 0. The lowest BCUT2D eigenvalue weighted by atomic mass is 10.1. The van der Waals surface area contributed by atoms with Crippen molar-refractivity contribution in [1.29, 1.82) is 0 Å². The highest BCUT2D eigenvalue weighted by Gasteiger charge is 2.08. The highest BCUT2D eigenvalue weighted by Crippen LogP contribution is 2.21. The molecule has 0 saturated heterocycles. The van der Waals surface area contributed by atoms with Crippen LogP contribution in [0.3, 0.4) is 0 Å².